The molecule has 1 heterocycles. The molecule has 0 saturated carbocycles. The monoisotopic (exact) mass is 191 g/mol. The van der Waals surface area contributed by atoms with E-state index in [4.69, 9.17) is 9.47 Å². The largest absolute Gasteiger partial charge is 0.347 e. The molecule has 2 nitrogen and oxygen atoms in total. The molecule has 12 heavy (non-hydrogen) atoms. The number of hydrogen-bond donors (Lipinski definition) is 0. The second kappa shape index (κ2) is 4.49. The molecule has 1 aliphatic heterocycles. The topological polar surface area (TPSA) is 18.5 Å². The summed E-state index contributed by atoms with van der Waals surface area (Å²) in [4.78, 5) is 0. The summed E-state index contributed by atoms with van der Waals surface area (Å²) < 4.78 is 11.2. The molecule has 1 aliphatic rings. The van der Waals surface area contributed by atoms with Crippen LogP contribution < -0.4 is 0 Å². The molecule has 1 saturated heterocycles. The van der Waals surface area contributed by atoms with Crippen LogP contribution >= 0.6 is 0 Å². The lowest BCUT2D eigenvalue weighted by atomic mass is 10.2. The van der Waals surface area contributed by atoms with Crippen molar-refractivity contribution in [1.82, 2.24) is 0 Å². The molecule has 0 aliphatic carbocycles. The van der Waals surface area contributed by atoms with Crippen LogP contribution in [0.15, 0.2) is 0 Å². The van der Waals surface area contributed by atoms with Crippen LogP contribution in [0.3, 0.4) is 0 Å². The molecule has 3 heteroatoms. The van der Waals surface area contributed by atoms with E-state index >= 15 is 0 Å². The van der Waals surface area contributed by atoms with E-state index in [9.17, 15) is 0 Å². The highest BCUT2D eigenvalue weighted by molar-refractivity contribution is 7.96. The average Bonchev–Trinajstić information content (AvgIpc) is 2.04. The quantitative estimate of drug-likeness (QED) is 0.612. The van der Waals surface area contributed by atoms with Gasteiger partial charge in [-0.2, -0.15) is 0 Å². The molecule has 0 N–H and O–H groups in total. The lowest BCUT2D eigenvalue weighted by molar-refractivity contribution is -0.196. The predicted octanol–water partition coefficient (Wildman–Crippen LogP) is 1.26. The highest BCUT2D eigenvalue weighted by Crippen LogP contribution is 2.17. The maximum Gasteiger partial charge on any atom is 0.164 e. The molecular formula is C9H19O2S+. The minimum absolute atomic E-state index is 0.0322. The van der Waals surface area contributed by atoms with Gasteiger partial charge in [0.05, 0.1) is 25.7 Å². The van der Waals surface area contributed by atoms with E-state index < -0.39 is 0 Å². The van der Waals surface area contributed by atoms with Crippen LogP contribution in [0.25, 0.3) is 0 Å². The third-order valence-electron chi connectivity index (χ3n) is 2.10. The lowest BCUT2D eigenvalue weighted by Gasteiger charge is -2.29. The third-order valence-corrected chi connectivity index (χ3v) is 3.71. The Balaban J connectivity index is 2.30. The molecule has 0 atom stereocenters. The summed E-state index contributed by atoms with van der Waals surface area (Å²) >= 11 is 0. The van der Waals surface area contributed by atoms with Crippen molar-refractivity contribution in [3.8, 4) is 0 Å². The van der Waals surface area contributed by atoms with E-state index in [1.165, 1.54) is 0 Å². The molecular weight excluding hydrogens is 172 g/mol. The standard InChI is InChI=1S/C9H19O2S/c1-7(2)9-10-5-8(6-11-9)12(3)4/h7-9H,5-6H2,1-4H3/q+1. The van der Waals surface area contributed by atoms with Gasteiger partial charge in [0, 0.05) is 5.92 Å². The molecule has 0 aromatic carbocycles. The van der Waals surface area contributed by atoms with E-state index in [0.717, 1.165) is 13.2 Å². The molecule has 1 fully saturated rings. The van der Waals surface area contributed by atoms with Crippen molar-refractivity contribution in [2.45, 2.75) is 25.4 Å². The Kier molecular flexibility index (Phi) is 3.87. The van der Waals surface area contributed by atoms with Crippen LogP contribution in [0.1, 0.15) is 13.8 Å². The van der Waals surface area contributed by atoms with Crippen LogP contribution in [0.5, 0.6) is 0 Å². The van der Waals surface area contributed by atoms with Crippen LogP contribution in [0.2, 0.25) is 0 Å². The fourth-order valence-corrected chi connectivity index (χ4v) is 1.86. The van der Waals surface area contributed by atoms with Gasteiger partial charge in [0.15, 0.2) is 11.5 Å². The van der Waals surface area contributed by atoms with E-state index in [0.29, 0.717) is 22.1 Å². The maximum absolute atomic E-state index is 5.60. The van der Waals surface area contributed by atoms with Crippen LogP contribution in [0, 0.1) is 5.92 Å². The first-order valence-electron chi connectivity index (χ1n) is 4.41. The Labute approximate surface area is 78.0 Å². The SMILES string of the molecule is CC(C)C1OCC([S+](C)C)CO1. The summed E-state index contributed by atoms with van der Waals surface area (Å²) in [6, 6.07) is 0. The molecule has 0 radical (unpaired) electrons. The number of rotatable bonds is 2. The Hall–Kier alpha value is 0.270. The molecule has 0 bridgehead atoms. The normalized spacial score (nSPS) is 31.5. The summed E-state index contributed by atoms with van der Waals surface area (Å²) in [5.41, 5.74) is 0. The van der Waals surface area contributed by atoms with Gasteiger partial charge in [-0.3, -0.25) is 0 Å². The maximum atomic E-state index is 5.60. The Morgan fingerprint density at radius 2 is 1.67 bits per heavy atom. The van der Waals surface area contributed by atoms with Crippen LogP contribution in [0.4, 0.5) is 0 Å². The lowest BCUT2D eigenvalue weighted by Crippen LogP contribution is -2.41. The van der Waals surface area contributed by atoms with Crippen molar-refractivity contribution in [3.05, 3.63) is 0 Å². The van der Waals surface area contributed by atoms with E-state index in [2.05, 4.69) is 26.4 Å². The zero-order valence-electron chi connectivity index (χ0n) is 8.37. The van der Waals surface area contributed by atoms with E-state index in [-0.39, 0.29) is 6.29 Å². The molecule has 0 aromatic heterocycles. The van der Waals surface area contributed by atoms with Gasteiger partial charge in [-0.15, -0.1) is 0 Å². The van der Waals surface area contributed by atoms with Crippen molar-refractivity contribution >= 4 is 10.9 Å². The van der Waals surface area contributed by atoms with Crippen molar-refractivity contribution in [2.24, 2.45) is 5.92 Å². The van der Waals surface area contributed by atoms with Crippen LogP contribution in [-0.2, 0) is 20.4 Å². The summed E-state index contributed by atoms with van der Waals surface area (Å²) in [6.45, 7) is 6.00. The fraction of sp³-hybridized carbons (Fsp3) is 1.00. The highest BCUT2D eigenvalue weighted by Gasteiger charge is 2.31. The van der Waals surface area contributed by atoms with Gasteiger partial charge in [0.2, 0.25) is 0 Å². The summed E-state index contributed by atoms with van der Waals surface area (Å²) in [5, 5.41) is 0.611. The zero-order chi connectivity index (χ0) is 9.14. The van der Waals surface area contributed by atoms with Crippen molar-refractivity contribution in [1.29, 1.82) is 0 Å². The van der Waals surface area contributed by atoms with Gasteiger partial charge in [0.25, 0.3) is 0 Å². The van der Waals surface area contributed by atoms with Gasteiger partial charge in [-0.1, -0.05) is 13.8 Å². The molecule has 1 rings (SSSR count). The minimum Gasteiger partial charge on any atom is -0.347 e. The molecule has 0 spiro atoms. The van der Waals surface area contributed by atoms with Crippen molar-refractivity contribution in [2.75, 3.05) is 25.7 Å². The second-order valence-corrected chi connectivity index (χ2v) is 6.21. The third kappa shape index (κ3) is 2.64. The van der Waals surface area contributed by atoms with Crippen LogP contribution in [-0.4, -0.2) is 37.3 Å². The molecule has 72 valence electrons. The Morgan fingerprint density at radius 1 is 1.17 bits per heavy atom. The minimum atomic E-state index is 0.0322. The van der Waals surface area contributed by atoms with Gasteiger partial charge < -0.3 is 9.47 Å². The Morgan fingerprint density at radius 3 is 2.00 bits per heavy atom. The molecule has 0 unspecified atom stereocenters. The van der Waals surface area contributed by atoms with E-state index in [1.54, 1.807) is 0 Å². The molecule has 0 amide bonds. The average molecular weight is 191 g/mol. The highest BCUT2D eigenvalue weighted by atomic mass is 32.2. The van der Waals surface area contributed by atoms with Crippen molar-refractivity contribution in [3.63, 3.8) is 0 Å². The first-order chi connectivity index (χ1) is 5.61. The smallest absolute Gasteiger partial charge is 0.164 e. The zero-order valence-corrected chi connectivity index (χ0v) is 9.19. The first kappa shape index (κ1) is 10.4. The number of hydrogen-bond acceptors (Lipinski definition) is 2. The summed E-state index contributed by atoms with van der Waals surface area (Å²) in [6.07, 6.45) is 4.52. The summed E-state index contributed by atoms with van der Waals surface area (Å²) in [7, 11) is 0.420. The summed E-state index contributed by atoms with van der Waals surface area (Å²) in [5.74, 6) is 0.474. The van der Waals surface area contributed by atoms with Gasteiger partial charge in [-0.05, 0) is 10.9 Å². The van der Waals surface area contributed by atoms with E-state index in [1.807, 2.05) is 0 Å². The predicted molar refractivity (Wildman–Crippen MR) is 53.5 cm³/mol. The van der Waals surface area contributed by atoms with Gasteiger partial charge in [0.1, 0.15) is 0 Å². The van der Waals surface area contributed by atoms with Gasteiger partial charge in [-0.25, -0.2) is 0 Å². The second-order valence-electron chi connectivity index (χ2n) is 3.78. The van der Waals surface area contributed by atoms with Gasteiger partial charge >= 0.3 is 0 Å². The first-order valence-corrected chi connectivity index (χ1v) is 6.51. The van der Waals surface area contributed by atoms with Crippen molar-refractivity contribution < 1.29 is 9.47 Å². The molecule has 0 aromatic rings. The Bertz CT molecular complexity index is 112. The number of ether oxygens (including phenoxy) is 2. The fourth-order valence-electron chi connectivity index (χ4n) is 1.16.